The lowest BCUT2D eigenvalue weighted by Gasteiger charge is -2.24. The standard InChI is InChI=1S/C19H27ClN6O2/c1-11(2)15-6-9-28-18-16(23-19-21-10-14(20)17(22-15)24-19)12(3)26(25-18)13-4-7-27-8-5-13/h10-11,13,15H,4-9H2,1-3H3,(H2,21,22,23,24). The molecule has 4 heterocycles. The maximum atomic E-state index is 6.32. The third kappa shape index (κ3) is 3.89. The summed E-state index contributed by atoms with van der Waals surface area (Å²) in [4.78, 5) is 8.93. The van der Waals surface area contributed by atoms with Crippen molar-refractivity contribution in [1.29, 1.82) is 0 Å². The number of fused-ring (bicyclic) bond motifs is 3. The normalized spacial score (nSPS) is 20.5. The molecule has 4 rings (SSSR count). The smallest absolute Gasteiger partial charge is 0.257 e. The molecule has 2 N–H and O–H groups in total. The fourth-order valence-corrected chi connectivity index (χ4v) is 3.84. The zero-order valence-electron chi connectivity index (χ0n) is 16.5. The van der Waals surface area contributed by atoms with Gasteiger partial charge in [0.05, 0.1) is 24.5 Å². The highest BCUT2D eigenvalue weighted by Crippen LogP contribution is 2.35. The lowest BCUT2D eigenvalue weighted by molar-refractivity contribution is 0.0652. The number of hydrogen-bond donors (Lipinski definition) is 2. The van der Waals surface area contributed by atoms with Crippen molar-refractivity contribution in [2.45, 2.75) is 52.1 Å². The maximum Gasteiger partial charge on any atom is 0.257 e. The van der Waals surface area contributed by atoms with E-state index in [9.17, 15) is 0 Å². The van der Waals surface area contributed by atoms with Crippen LogP contribution in [0.15, 0.2) is 6.20 Å². The van der Waals surface area contributed by atoms with E-state index in [1.165, 1.54) is 0 Å². The number of anilines is 3. The molecule has 28 heavy (non-hydrogen) atoms. The molecule has 8 nitrogen and oxygen atoms in total. The van der Waals surface area contributed by atoms with Crippen molar-refractivity contribution in [1.82, 2.24) is 19.7 Å². The van der Waals surface area contributed by atoms with E-state index in [0.29, 0.717) is 41.2 Å². The van der Waals surface area contributed by atoms with Gasteiger partial charge in [-0.1, -0.05) is 25.4 Å². The summed E-state index contributed by atoms with van der Waals surface area (Å²) in [5.74, 6) is 2.09. The summed E-state index contributed by atoms with van der Waals surface area (Å²) in [6, 6.07) is 0.492. The molecule has 2 aromatic rings. The Morgan fingerprint density at radius 2 is 2.00 bits per heavy atom. The van der Waals surface area contributed by atoms with Gasteiger partial charge < -0.3 is 20.1 Å². The molecule has 1 atom stereocenters. The van der Waals surface area contributed by atoms with Crippen LogP contribution in [0.25, 0.3) is 0 Å². The fourth-order valence-electron chi connectivity index (χ4n) is 3.69. The van der Waals surface area contributed by atoms with Crippen molar-refractivity contribution < 1.29 is 9.47 Å². The van der Waals surface area contributed by atoms with Gasteiger partial charge in [-0.3, -0.25) is 4.68 Å². The van der Waals surface area contributed by atoms with Crippen molar-refractivity contribution in [3.63, 3.8) is 0 Å². The predicted octanol–water partition coefficient (Wildman–Crippen LogP) is 3.95. The van der Waals surface area contributed by atoms with Gasteiger partial charge in [-0.05, 0) is 25.7 Å². The first-order chi connectivity index (χ1) is 13.5. The van der Waals surface area contributed by atoms with Gasteiger partial charge in [0, 0.05) is 25.7 Å². The third-order valence-corrected chi connectivity index (χ3v) is 5.71. The second-order valence-electron chi connectivity index (χ2n) is 7.70. The number of nitrogens with zero attached hydrogens (tertiary/aromatic N) is 4. The Balaban J connectivity index is 1.71. The topological polar surface area (TPSA) is 86.1 Å². The van der Waals surface area contributed by atoms with E-state index in [2.05, 4.69) is 39.1 Å². The molecule has 0 aromatic carbocycles. The number of ether oxygens (including phenoxy) is 2. The van der Waals surface area contributed by atoms with E-state index in [1.54, 1.807) is 6.20 Å². The fraction of sp³-hybridized carbons (Fsp3) is 0.632. The Bertz CT molecular complexity index is 834. The molecule has 9 heteroatoms. The summed E-state index contributed by atoms with van der Waals surface area (Å²) in [6.07, 6.45) is 4.33. The minimum atomic E-state index is 0.181. The Labute approximate surface area is 170 Å². The summed E-state index contributed by atoms with van der Waals surface area (Å²) in [5.41, 5.74) is 1.82. The predicted molar refractivity (Wildman–Crippen MR) is 109 cm³/mol. The molecule has 0 aliphatic carbocycles. The van der Waals surface area contributed by atoms with Gasteiger partial charge in [0.25, 0.3) is 5.88 Å². The first-order valence-corrected chi connectivity index (χ1v) is 10.3. The summed E-state index contributed by atoms with van der Waals surface area (Å²) in [6.45, 7) is 8.45. The Morgan fingerprint density at radius 1 is 1.21 bits per heavy atom. The van der Waals surface area contributed by atoms with Gasteiger partial charge in [0.15, 0.2) is 5.82 Å². The van der Waals surface area contributed by atoms with E-state index < -0.39 is 0 Å². The number of halogens is 1. The third-order valence-electron chi connectivity index (χ3n) is 5.43. The quantitative estimate of drug-likeness (QED) is 0.780. The van der Waals surface area contributed by atoms with E-state index in [1.807, 2.05) is 6.92 Å². The molecular weight excluding hydrogens is 380 g/mol. The average molecular weight is 407 g/mol. The Hall–Kier alpha value is -2.06. The minimum absolute atomic E-state index is 0.181. The number of rotatable bonds is 2. The van der Waals surface area contributed by atoms with Crippen LogP contribution in [0.1, 0.15) is 44.8 Å². The van der Waals surface area contributed by atoms with Crippen LogP contribution in [0, 0.1) is 12.8 Å². The first-order valence-electron chi connectivity index (χ1n) is 9.88. The number of nitrogens with one attached hydrogen (secondary N) is 2. The van der Waals surface area contributed by atoms with Gasteiger partial charge in [0.1, 0.15) is 10.7 Å². The highest BCUT2D eigenvalue weighted by molar-refractivity contribution is 6.32. The molecule has 0 radical (unpaired) electrons. The van der Waals surface area contributed by atoms with Crippen molar-refractivity contribution in [2.75, 3.05) is 30.5 Å². The largest absolute Gasteiger partial charge is 0.475 e. The number of hydrogen-bond acceptors (Lipinski definition) is 7. The van der Waals surface area contributed by atoms with E-state index >= 15 is 0 Å². The van der Waals surface area contributed by atoms with Crippen molar-refractivity contribution in [3.8, 4) is 5.88 Å². The van der Waals surface area contributed by atoms with Gasteiger partial charge in [0.2, 0.25) is 5.95 Å². The minimum Gasteiger partial charge on any atom is -0.475 e. The molecule has 0 amide bonds. The summed E-state index contributed by atoms with van der Waals surface area (Å²) >= 11 is 6.32. The molecular formula is C19H27ClN6O2. The van der Waals surface area contributed by atoms with E-state index in [4.69, 9.17) is 26.2 Å². The zero-order valence-corrected chi connectivity index (χ0v) is 17.3. The molecule has 2 aromatic heterocycles. The van der Waals surface area contributed by atoms with E-state index in [0.717, 1.165) is 43.9 Å². The summed E-state index contributed by atoms with van der Waals surface area (Å²) < 4.78 is 13.7. The zero-order chi connectivity index (χ0) is 19.7. The molecule has 1 saturated heterocycles. The van der Waals surface area contributed by atoms with Crippen molar-refractivity contribution in [2.24, 2.45) is 5.92 Å². The molecule has 152 valence electrons. The van der Waals surface area contributed by atoms with Crippen LogP contribution in [-0.4, -0.2) is 45.6 Å². The van der Waals surface area contributed by atoms with Gasteiger partial charge in [-0.2, -0.15) is 4.98 Å². The average Bonchev–Trinajstić information content (AvgIpc) is 2.98. The van der Waals surface area contributed by atoms with Crippen LogP contribution in [0.4, 0.5) is 17.5 Å². The Morgan fingerprint density at radius 3 is 2.75 bits per heavy atom. The number of aromatic nitrogens is 4. The molecule has 0 spiro atoms. The highest BCUT2D eigenvalue weighted by Gasteiger charge is 2.26. The van der Waals surface area contributed by atoms with Crippen LogP contribution in [0.2, 0.25) is 5.02 Å². The molecule has 0 saturated carbocycles. The van der Waals surface area contributed by atoms with Crippen LogP contribution in [-0.2, 0) is 4.74 Å². The molecule has 2 bridgehead atoms. The van der Waals surface area contributed by atoms with Crippen LogP contribution in [0.3, 0.4) is 0 Å². The van der Waals surface area contributed by atoms with Crippen molar-refractivity contribution >= 4 is 29.1 Å². The van der Waals surface area contributed by atoms with Crippen LogP contribution >= 0.6 is 11.6 Å². The second kappa shape index (κ2) is 8.13. The molecule has 1 fully saturated rings. The SMILES string of the molecule is Cc1c2c(nn1C1CCOCC1)OCCC(C(C)C)Nc1nc(ncc1Cl)N2. The molecule has 2 aliphatic rings. The van der Waals surface area contributed by atoms with Gasteiger partial charge >= 0.3 is 0 Å². The highest BCUT2D eigenvalue weighted by atomic mass is 35.5. The molecule has 1 unspecified atom stereocenters. The van der Waals surface area contributed by atoms with Crippen LogP contribution in [0.5, 0.6) is 5.88 Å². The first kappa shape index (κ1) is 19.3. The van der Waals surface area contributed by atoms with Gasteiger partial charge in [-0.15, -0.1) is 5.10 Å². The Kier molecular flexibility index (Phi) is 5.59. The second-order valence-corrected chi connectivity index (χ2v) is 8.11. The molecule has 2 aliphatic heterocycles. The maximum absolute atomic E-state index is 6.32. The van der Waals surface area contributed by atoms with E-state index in [-0.39, 0.29) is 6.04 Å². The van der Waals surface area contributed by atoms with Gasteiger partial charge in [-0.25, -0.2) is 4.98 Å². The monoisotopic (exact) mass is 406 g/mol. The van der Waals surface area contributed by atoms with Crippen LogP contribution < -0.4 is 15.4 Å². The van der Waals surface area contributed by atoms with Crippen molar-refractivity contribution in [3.05, 3.63) is 16.9 Å². The lowest BCUT2D eigenvalue weighted by Crippen LogP contribution is -2.28. The lowest BCUT2D eigenvalue weighted by atomic mass is 10.0. The summed E-state index contributed by atoms with van der Waals surface area (Å²) in [7, 11) is 0. The summed E-state index contributed by atoms with van der Waals surface area (Å²) in [5, 5.41) is 12.0.